The predicted octanol–water partition coefficient (Wildman–Crippen LogP) is 1.91. The number of carbonyl (C=O) groups is 2. The van der Waals surface area contributed by atoms with Crippen LogP contribution in [0.5, 0.6) is 5.88 Å². The summed E-state index contributed by atoms with van der Waals surface area (Å²) >= 11 is 0. The number of nitrogens with zero attached hydrogens (tertiary/aromatic N) is 6. The lowest BCUT2D eigenvalue weighted by Crippen LogP contribution is -2.35. The molecule has 0 spiro atoms. The van der Waals surface area contributed by atoms with Crippen molar-refractivity contribution in [3.63, 3.8) is 0 Å². The maximum Gasteiger partial charge on any atom is 0.291 e. The quantitative estimate of drug-likeness (QED) is 0.471. The van der Waals surface area contributed by atoms with Crippen LogP contribution in [0.15, 0.2) is 23.3 Å². The molecule has 1 saturated carbocycles. The van der Waals surface area contributed by atoms with Crippen molar-refractivity contribution >= 4 is 29.1 Å². The van der Waals surface area contributed by atoms with Crippen molar-refractivity contribution < 1.29 is 14.7 Å². The lowest BCUT2D eigenvalue weighted by Gasteiger charge is -2.23. The molecule has 2 aliphatic rings. The van der Waals surface area contributed by atoms with Crippen molar-refractivity contribution in [1.29, 1.82) is 0 Å². The molecule has 4 heterocycles. The summed E-state index contributed by atoms with van der Waals surface area (Å²) in [5.74, 6) is -0.537. The molecule has 12 nitrogen and oxygen atoms in total. The van der Waals surface area contributed by atoms with E-state index in [9.17, 15) is 19.5 Å². The molecule has 190 valence electrons. The summed E-state index contributed by atoms with van der Waals surface area (Å²) in [5.41, 5.74) is -0.724. The topological polar surface area (TPSA) is 147 Å². The molecule has 12 heteroatoms. The van der Waals surface area contributed by atoms with E-state index in [0.717, 1.165) is 43.3 Å². The summed E-state index contributed by atoms with van der Waals surface area (Å²) in [6.07, 6.45) is 6.52. The second kappa shape index (κ2) is 8.92. The van der Waals surface area contributed by atoms with Gasteiger partial charge in [0.25, 0.3) is 17.4 Å². The van der Waals surface area contributed by atoms with Gasteiger partial charge in [-0.2, -0.15) is 4.52 Å². The monoisotopic (exact) mass is 494 g/mol. The molecule has 3 aromatic rings. The third-order valence-corrected chi connectivity index (χ3v) is 6.15. The summed E-state index contributed by atoms with van der Waals surface area (Å²) in [7, 11) is 0. The zero-order valence-corrected chi connectivity index (χ0v) is 20.6. The molecule has 2 amide bonds. The molecular weight excluding hydrogens is 464 g/mol. The maximum absolute atomic E-state index is 13.2. The molecule has 0 radical (unpaired) electrons. The Hall–Kier alpha value is -3.96. The molecule has 3 aromatic heterocycles. The summed E-state index contributed by atoms with van der Waals surface area (Å²) in [6, 6.07) is 1.62. The van der Waals surface area contributed by atoms with Crippen LogP contribution >= 0.6 is 0 Å². The van der Waals surface area contributed by atoms with E-state index in [1.165, 1.54) is 17.0 Å². The molecule has 0 aromatic carbocycles. The number of fused-ring (bicyclic) bond motifs is 1. The number of hydrogen-bond donors (Lipinski definition) is 3. The summed E-state index contributed by atoms with van der Waals surface area (Å²) in [5, 5.41) is 21.1. The Balaban J connectivity index is 1.48. The van der Waals surface area contributed by atoms with Gasteiger partial charge in [-0.1, -0.05) is 20.8 Å². The van der Waals surface area contributed by atoms with Crippen LogP contribution in [0.25, 0.3) is 5.65 Å². The summed E-state index contributed by atoms with van der Waals surface area (Å²) < 4.78 is 2.62. The Morgan fingerprint density at radius 1 is 1.11 bits per heavy atom. The molecule has 0 unspecified atom stereocenters. The van der Waals surface area contributed by atoms with Crippen LogP contribution in [0.4, 0.5) is 11.6 Å². The van der Waals surface area contributed by atoms with Gasteiger partial charge >= 0.3 is 0 Å². The minimum atomic E-state index is -0.712. The van der Waals surface area contributed by atoms with Crippen LogP contribution < -0.4 is 16.2 Å². The molecule has 0 atom stereocenters. The van der Waals surface area contributed by atoms with Gasteiger partial charge in [-0.25, -0.2) is 9.97 Å². The highest BCUT2D eigenvalue weighted by Gasteiger charge is 2.30. The van der Waals surface area contributed by atoms with E-state index in [1.54, 1.807) is 11.0 Å². The highest BCUT2D eigenvalue weighted by Crippen LogP contribution is 2.27. The first-order valence-corrected chi connectivity index (χ1v) is 12.2. The van der Waals surface area contributed by atoms with Crippen LogP contribution in [0.2, 0.25) is 0 Å². The summed E-state index contributed by atoms with van der Waals surface area (Å²) in [4.78, 5) is 48.7. The van der Waals surface area contributed by atoms with Gasteiger partial charge in [-0.3, -0.25) is 19.0 Å². The molecule has 3 N–H and O–H groups in total. The van der Waals surface area contributed by atoms with Gasteiger partial charge in [0, 0.05) is 31.7 Å². The number of carbonyl (C=O) groups excluding carboxylic acids is 2. The van der Waals surface area contributed by atoms with E-state index >= 15 is 0 Å². The van der Waals surface area contributed by atoms with E-state index in [0.29, 0.717) is 18.0 Å². The van der Waals surface area contributed by atoms with Crippen molar-refractivity contribution in [1.82, 2.24) is 34.4 Å². The first-order valence-electron chi connectivity index (χ1n) is 12.2. The SMILES string of the molecule is CC(C)(C)Cn1c(O)c(C(=O)NC2CC2)c(=O)n2nc(Nc3cnc(C(=O)N4CCCC4)cn3)cc12. The van der Waals surface area contributed by atoms with E-state index < -0.39 is 17.3 Å². The van der Waals surface area contributed by atoms with Crippen molar-refractivity contribution in [2.45, 2.75) is 59.0 Å². The highest BCUT2D eigenvalue weighted by molar-refractivity contribution is 5.96. The van der Waals surface area contributed by atoms with E-state index in [1.807, 2.05) is 20.8 Å². The number of rotatable bonds is 6. The first-order chi connectivity index (χ1) is 17.1. The molecule has 36 heavy (non-hydrogen) atoms. The molecule has 0 bridgehead atoms. The minimum Gasteiger partial charge on any atom is -0.494 e. The smallest absolute Gasteiger partial charge is 0.291 e. The molecule has 1 aliphatic heterocycles. The normalized spacial score (nSPS) is 15.9. The minimum absolute atomic E-state index is 0.0248. The van der Waals surface area contributed by atoms with Crippen molar-refractivity contribution in [2.75, 3.05) is 18.4 Å². The highest BCUT2D eigenvalue weighted by atomic mass is 16.3. The number of anilines is 2. The number of likely N-dealkylation sites (tertiary alicyclic amines) is 1. The largest absolute Gasteiger partial charge is 0.494 e. The fourth-order valence-electron chi connectivity index (χ4n) is 4.25. The number of amides is 2. The second-order valence-electron chi connectivity index (χ2n) is 10.6. The van der Waals surface area contributed by atoms with Crippen LogP contribution in [-0.4, -0.2) is 65.1 Å². The third-order valence-electron chi connectivity index (χ3n) is 6.15. The van der Waals surface area contributed by atoms with Gasteiger partial charge in [0.15, 0.2) is 11.4 Å². The lowest BCUT2D eigenvalue weighted by molar-refractivity contribution is 0.0786. The van der Waals surface area contributed by atoms with Gasteiger partial charge in [-0.15, -0.1) is 5.10 Å². The van der Waals surface area contributed by atoms with E-state index in [-0.39, 0.29) is 34.4 Å². The van der Waals surface area contributed by atoms with E-state index in [4.69, 9.17) is 0 Å². The van der Waals surface area contributed by atoms with Crippen molar-refractivity contribution in [2.24, 2.45) is 5.41 Å². The fourth-order valence-corrected chi connectivity index (χ4v) is 4.25. The van der Waals surface area contributed by atoms with Gasteiger partial charge < -0.3 is 20.6 Å². The molecule has 2 fully saturated rings. The van der Waals surface area contributed by atoms with Gasteiger partial charge in [0.05, 0.1) is 12.4 Å². The van der Waals surface area contributed by atoms with Gasteiger partial charge in [0.1, 0.15) is 17.2 Å². The Bertz CT molecular complexity index is 1380. The molecule has 1 aliphatic carbocycles. The van der Waals surface area contributed by atoms with Crippen molar-refractivity contribution in [3.8, 4) is 5.88 Å². The van der Waals surface area contributed by atoms with Crippen LogP contribution in [-0.2, 0) is 6.54 Å². The number of nitrogens with one attached hydrogen (secondary N) is 2. The Morgan fingerprint density at radius 3 is 2.44 bits per heavy atom. The van der Waals surface area contributed by atoms with Gasteiger partial charge in [-0.05, 0) is 31.1 Å². The lowest BCUT2D eigenvalue weighted by atomic mass is 9.96. The second-order valence-corrected chi connectivity index (χ2v) is 10.6. The zero-order valence-electron chi connectivity index (χ0n) is 20.6. The average Bonchev–Trinajstić information content (AvgIpc) is 3.29. The molecule has 5 rings (SSSR count). The number of aromatic hydroxyl groups is 1. The fraction of sp³-hybridized carbons (Fsp3) is 0.500. The van der Waals surface area contributed by atoms with Gasteiger partial charge in [0.2, 0.25) is 5.88 Å². The maximum atomic E-state index is 13.2. The van der Waals surface area contributed by atoms with Crippen LogP contribution in [0.3, 0.4) is 0 Å². The predicted molar refractivity (Wildman–Crippen MR) is 132 cm³/mol. The Kier molecular flexibility index (Phi) is 5.89. The summed E-state index contributed by atoms with van der Waals surface area (Å²) in [6.45, 7) is 7.75. The number of aromatic nitrogens is 5. The van der Waals surface area contributed by atoms with Crippen LogP contribution in [0, 0.1) is 5.41 Å². The Morgan fingerprint density at radius 2 is 1.83 bits per heavy atom. The first kappa shape index (κ1) is 23.8. The molecule has 1 saturated heterocycles. The van der Waals surface area contributed by atoms with E-state index in [2.05, 4.69) is 25.7 Å². The van der Waals surface area contributed by atoms with Crippen LogP contribution in [0.1, 0.15) is 67.3 Å². The molecular formula is C24H30N8O4. The zero-order chi connectivity index (χ0) is 25.6. The Labute approximate surface area is 207 Å². The average molecular weight is 495 g/mol. The third kappa shape index (κ3) is 4.75. The standard InChI is InChI=1S/C24H30N8O4/c1-24(2,3)13-31-18-10-16(28-17-12-25-15(11-26-17)21(34)30-8-4-5-9-30)29-32(18)23(36)19(22(31)35)20(33)27-14-6-7-14/h10-12,14,35H,4-9,13H2,1-3H3,(H,27,33)(H,26,28,29). The van der Waals surface area contributed by atoms with Crippen molar-refractivity contribution in [3.05, 3.63) is 40.1 Å². The number of hydrogen-bond acceptors (Lipinski definition) is 8.